The van der Waals surface area contributed by atoms with E-state index in [1.165, 1.54) is 0 Å². The number of nitrogens with one attached hydrogen (secondary N) is 1. The fourth-order valence-corrected chi connectivity index (χ4v) is 2.41. The molecule has 0 saturated carbocycles. The van der Waals surface area contributed by atoms with Gasteiger partial charge in [-0.2, -0.15) is 0 Å². The first-order valence-electron chi connectivity index (χ1n) is 5.14. The molecule has 2 fully saturated rings. The molecule has 0 atom stereocenters. The van der Waals surface area contributed by atoms with Crippen LogP contribution in [0.4, 0.5) is 4.79 Å². The van der Waals surface area contributed by atoms with Gasteiger partial charge in [-0.1, -0.05) is 11.8 Å². The van der Waals surface area contributed by atoms with Gasteiger partial charge in [0, 0.05) is 26.2 Å². The molecule has 0 bridgehead atoms. The molecule has 0 aromatic carbocycles. The molecular formula is C9H13N3O3S. The number of carbonyl (C=O) groups is 3. The Bertz CT molecular complexity index is 312. The molecule has 2 aliphatic rings. The van der Waals surface area contributed by atoms with Gasteiger partial charge in [0.05, 0.1) is 5.75 Å². The van der Waals surface area contributed by atoms with E-state index < -0.39 is 0 Å². The predicted octanol–water partition coefficient (Wildman–Crippen LogP) is -0.886. The number of rotatable bonds is 2. The van der Waals surface area contributed by atoms with Gasteiger partial charge < -0.3 is 10.2 Å². The number of piperazine rings is 1. The third kappa shape index (κ3) is 2.35. The molecule has 0 radical (unpaired) electrons. The summed E-state index contributed by atoms with van der Waals surface area (Å²) in [6, 6.07) is 0. The summed E-state index contributed by atoms with van der Waals surface area (Å²) >= 11 is 0.956. The lowest BCUT2D eigenvalue weighted by Crippen LogP contribution is -2.50. The monoisotopic (exact) mass is 243 g/mol. The van der Waals surface area contributed by atoms with Gasteiger partial charge in [-0.05, 0) is 0 Å². The Morgan fingerprint density at radius 3 is 2.56 bits per heavy atom. The molecule has 0 aliphatic carbocycles. The molecule has 0 aromatic rings. The Balaban J connectivity index is 1.90. The Morgan fingerprint density at radius 1 is 1.31 bits per heavy atom. The summed E-state index contributed by atoms with van der Waals surface area (Å²) in [4.78, 5) is 37.1. The Labute approximate surface area is 97.3 Å². The van der Waals surface area contributed by atoms with Crippen LogP contribution in [0, 0.1) is 0 Å². The molecule has 6 nitrogen and oxygen atoms in total. The number of hydrogen-bond donors (Lipinski definition) is 1. The fraction of sp³-hybridized carbons (Fsp3) is 0.667. The summed E-state index contributed by atoms with van der Waals surface area (Å²) in [5.41, 5.74) is 0. The van der Waals surface area contributed by atoms with Crippen LogP contribution in [0.5, 0.6) is 0 Å². The van der Waals surface area contributed by atoms with E-state index in [-0.39, 0.29) is 29.4 Å². The van der Waals surface area contributed by atoms with Crippen molar-refractivity contribution in [3.63, 3.8) is 0 Å². The van der Waals surface area contributed by atoms with Crippen LogP contribution >= 0.6 is 11.8 Å². The number of nitrogens with zero attached hydrogens (tertiary/aromatic N) is 2. The number of thioether (sulfide) groups is 1. The van der Waals surface area contributed by atoms with Crippen molar-refractivity contribution in [3.8, 4) is 0 Å². The molecule has 3 amide bonds. The molecule has 1 N–H and O–H groups in total. The molecule has 16 heavy (non-hydrogen) atoms. The molecule has 7 heteroatoms. The maximum atomic E-state index is 11.8. The van der Waals surface area contributed by atoms with Crippen molar-refractivity contribution in [1.29, 1.82) is 0 Å². The summed E-state index contributed by atoms with van der Waals surface area (Å²) in [7, 11) is 0. The van der Waals surface area contributed by atoms with Crippen LogP contribution in [0.2, 0.25) is 0 Å². The molecule has 2 aliphatic heterocycles. The van der Waals surface area contributed by atoms with Gasteiger partial charge in [0.1, 0.15) is 6.54 Å². The number of hydrogen-bond acceptors (Lipinski definition) is 5. The predicted molar refractivity (Wildman–Crippen MR) is 59.0 cm³/mol. The van der Waals surface area contributed by atoms with E-state index in [9.17, 15) is 14.4 Å². The van der Waals surface area contributed by atoms with Crippen molar-refractivity contribution in [3.05, 3.63) is 0 Å². The minimum atomic E-state index is -0.312. The average Bonchev–Trinajstić information content (AvgIpc) is 2.62. The summed E-state index contributed by atoms with van der Waals surface area (Å²) in [6.45, 7) is 2.71. The molecule has 2 rings (SSSR count). The molecule has 0 spiro atoms. The minimum Gasteiger partial charge on any atom is -0.339 e. The Morgan fingerprint density at radius 2 is 2.00 bits per heavy atom. The van der Waals surface area contributed by atoms with E-state index in [4.69, 9.17) is 0 Å². The van der Waals surface area contributed by atoms with Crippen molar-refractivity contribution in [2.24, 2.45) is 0 Å². The highest BCUT2D eigenvalue weighted by atomic mass is 32.2. The van der Waals surface area contributed by atoms with E-state index in [0.717, 1.165) is 29.8 Å². The molecule has 2 saturated heterocycles. The van der Waals surface area contributed by atoms with Gasteiger partial charge in [0.15, 0.2) is 0 Å². The number of imide groups is 1. The zero-order valence-corrected chi connectivity index (χ0v) is 9.59. The normalized spacial score (nSPS) is 21.8. The quantitative estimate of drug-likeness (QED) is 0.681. The highest BCUT2D eigenvalue weighted by Crippen LogP contribution is 2.18. The van der Waals surface area contributed by atoms with E-state index in [1.54, 1.807) is 4.90 Å². The van der Waals surface area contributed by atoms with Crippen molar-refractivity contribution >= 4 is 28.8 Å². The molecular weight excluding hydrogens is 230 g/mol. The van der Waals surface area contributed by atoms with Gasteiger partial charge >= 0.3 is 0 Å². The van der Waals surface area contributed by atoms with Crippen LogP contribution in [-0.2, 0) is 9.59 Å². The lowest BCUT2D eigenvalue weighted by Gasteiger charge is -2.28. The Hall–Kier alpha value is -1.08. The van der Waals surface area contributed by atoms with E-state index in [2.05, 4.69) is 5.32 Å². The smallest absolute Gasteiger partial charge is 0.289 e. The average molecular weight is 243 g/mol. The summed E-state index contributed by atoms with van der Waals surface area (Å²) < 4.78 is 0. The summed E-state index contributed by atoms with van der Waals surface area (Å²) in [5.74, 6) is -0.252. The number of carbonyl (C=O) groups excluding carboxylic acids is 3. The zero-order chi connectivity index (χ0) is 11.5. The van der Waals surface area contributed by atoms with Gasteiger partial charge in [-0.25, -0.2) is 0 Å². The molecule has 88 valence electrons. The topological polar surface area (TPSA) is 69.7 Å². The van der Waals surface area contributed by atoms with Crippen LogP contribution in [-0.4, -0.2) is 65.3 Å². The van der Waals surface area contributed by atoms with Gasteiger partial charge in [-0.3, -0.25) is 19.3 Å². The first-order chi connectivity index (χ1) is 7.68. The largest absolute Gasteiger partial charge is 0.339 e. The lowest BCUT2D eigenvalue weighted by atomic mass is 10.3. The minimum absolute atomic E-state index is 0.106. The second-order valence-corrected chi connectivity index (χ2v) is 4.59. The Kier molecular flexibility index (Phi) is 3.45. The third-order valence-corrected chi connectivity index (χ3v) is 3.46. The summed E-state index contributed by atoms with van der Waals surface area (Å²) in [5, 5.41) is 2.82. The third-order valence-electron chi connectivity index (χ3n) is 2.60. The van der Waals surface area contributed by atoms with Crippen molar-refractivity contribution in [2.45, 2.75) is 0 Å². The first kappa shape index (κ1) is 11.4. The van der Waals surface area contributed by atoms with Crippen LogP contribution in [0.15, 0.2) is 0 Å². The van der Waals surface area contributed by atoms with Gasteiger partial charge in [0.2, 0.25) is 11.8 Å². The van der Waals surface area contributed by atoms with Crippen LogP contribution in [0.25, 0.3) is 0 Å². The lowest BCUT2D eigenvalue weighted by molar-refractivity contribution is -0.136. The highest BCUT2D eigenvalue weighted by molar-refractivity contribution is 8.14. The van der Waals surface area contributed by atoms with E-state index >= 15 is 0 Å². The maximum absolute atomic E-state index is 11.8. The number of amides is 3. The second kappa shape index (κ2) is 4.84. The molecule has 0 unspecified atom stereocenters. The first-order valence-corrected chi connectivity index (χ1v) is 6.12. The standard InChI is InChI=1S/C9H13N3O3S/c13-7(11-3-1-10-2-4-11)5-12-8(14)6-16-9(12)15/h10H,1-6H2. The second-order valence-electron chi connectivity index (χ2n) is 3.67. The van der Waals surface area contributed by atoms with Crippen LogP contribution in [0.1, 0.15) is 0 Å². The van der Waals surface area contributed by atoms with Crippen molar-refractivity contribution < 1.29 is 14.4 Å². The van der Waals surface area contributed by atoms with Crippen molar-refractivity contribution in [1.82, 2.24) is 15.1 Å². The SMILES string of the molecule is O=C(CN1C(=O)CSC1=O)N1CCNCC1. The zero-order valence-electron chi connectivity index (χ0n) is 8.77. The van der Waals surface area contributed by atoms with Crippen LogP contribution < -0.4 is 5.32 Å². The molecule has 0 aromatic heterocycles. The fourth-order valence-electron chi connectivity index (χ4n) is 1.68. The van der Waals surface area contributed by atoms with E-state index in [1.807, 2.05) is 0 Å². The highest BCUT2D eigenvalue weighted by Gasteiger charge is 2.32. The van der Waals surface area contributed by atoms with E-state index in [0.29, 0.717) is 13.1 Å². The van der Waals surface area contributed by atoms with Gasteiger partial charge in [0.25, 0.3) is 5.24 Å². The van der Waals surface area contributed by atoms with Crippen LogP contribution in [0.3, 0.4) is 0 Å². The maximum Gasteiger partial charge on any atom is 0.289 e. The summed E-state index contributed by atoms with van der Waals surface area (Å²) in [6.07, 6.45) is 0. The molecule has 2 heterocycles. The van der Waals surface area contributed by atoms with Gasteiger partial charge in [-0.15, -0.1) is 0 Å². The van der Waals surface area contributed by atoms with Crippen molar-refractivity contribution in [2.75, 3.05) is 38.5 Å².